The number of benzene rings is 6. The number of para-hydroxylation sites is 1. The third-order valence-corrected chi connectivity index (χ3v) is 8.84. The van der Waals surface area contributed by atoms with Crippen LogP contribution in [0.25, 0.3) is 61.1 Å². The second-order valence-electron chi connectivity index (χ2n) is 11.6. The van der Waals surface area contributed by atoms with Gasteiger partial charge in [0, 0.05) is 27.8 Å². The number of nitrogens with zero attached hydrogens (tertiary/aromatic N) is 3. The summed E-state index contributed by atoms with van der Waals surface area (Å²) in [5, 5.41) is 4.41. The van der Waals surface area contributed by atoms with Gasteiger partial charge < -0.3 is 4.42 Å². The number of fused-ring (bicyclic) bond motifs is 5. The Kier molecular flexibility index (Phi) is 5.91. The molecular weight excluding hydrogens is 550 g/mol. The first-order valence-electron chi connectivity index (χ1n) is 15.3. The van der Waals surface area contributed by atoms with Gasteiger partial charge in [0.2, 0.25) is 0 Å². The van der Waals surface area contributed by atoms with Gasteiger partial charge >= 0.3 is 0 Å². The van der Waals surface area contributed by atoms with Gasteiger partial charge in [-0.25, -0.2) is 15.0 Å². The normalized spacial score (nSPS) is 14.5. The van der Waals surface area contributed by atoms with E-state index in [1.807, 2.05) is 30.3 Å². The van der Waals surface area contributed by atoms with E-state index in [4.69, 9.17) is 19.4 Å². The molecule has 0 bridgehead atoms. The molecule has 1 aliphatic rings. The van der Waals surface area contributed by atoms with Crippen molar-refractivity contribution in [2.75, 3.05) is 0 Å². The quantitative estimate of drug-likeness (QED) is 0.209. The topological polar surface area (TPSA) is 51.8 Å². The Bertz CT molecular complexity index is 2420. The SMILES string of the molecule is C1=C(c2ccccc2)c2ccccc2CC1c1nc(-c2ccc3ccccc3c2)nc(-c2cccc3oc4ccccc4c23)n1. The highest BCUT2D eigenvalue weighted by molar-refractivity contribution is 6.11. The van der Waals surface area contributed by atoms with Crippen molar-refractivity contribution in [3.05, 3.63) is 168 Å². The van der Waals surface area contributed by atoms with E-state index in [0.717, 1.165) is 50.7 Å². The third kappa shape index (κ3) is 4.42. The van der Waals surface area contributed by atoms with Crippen LogP contribution in [0.5, 0.6) is 0 Å². The van der Waals surface area contributed by atoms with Crippen molar-refractivity contribution in [3.63, 3.8) is 0 Å². The molecule has 9 rings (SSSR count). The lowest BCUT2D eigenvalue weighted by molar-refractivity contribution is 0.669. The Hall–Kier alpha value is -5.87. The van der Waals surface area contributed by atoms with Gasteiger partial charge in [-0.2, -0.15) is 0 Å². The Morgan fingerprint density at radius 3 is 2.20 bits per heavy atom. The molecule has 0 radical (unpaired) electrons. The summed E-state index contributed by atoms with van der Waals surface area (Å²) < 4.78 is 6.25. The minimum absolute atomic E-state index is 0.0311. The molecule has 0 saturated heterocycles. The van der Waals surface area contributed by atoms with Gasteiger partial charge in [-0.1, -0.05) is 127 Å². The van der Waals surface area contributed by atoms with Gasteiger partial charge in [0.05, 0.1) is 0 Å². The molecule has 0 saturated carbocycles. The van der Waals surface area contributed by atoms with Crippen LogP contribution in [0.1, 0.15) is 28.4 Å². The van der Waals surface area contributed by atoms with E-state index in [0.29, 0.717) is 11.6 Å². The minimum Gasteiger partial charge on any atom is -0.456 e. The summed E-state index contributed by atoms with van der Waals surface area (Å²) in [6.45, 7) is 0. The maximum Gasteiger partial charge on any atom is 0.164 e. The van der Waals surface area contributed by atoms with E-state index < -0.39 is 0 Å². The molecule has 1 aliphatic carbocycles. The van der Waals surface area contributed by atoms with Crippen LogP contribution in [0.4, 0.5) is 0 Å². The fourth-order valence-electron chi connectivity index (χ4n) is 6.68. The standard InChI is InChI=1S/C41H27N3O/c1-2-12-27(13-3-1)35-25-31(24-29-15-6-7-16-32(29)35)40-42-39(30-22-21-26-11-4-5-14-28(26)23-30)43-41(44-40)34-18-10-20-37-38(34)33-17-8-9-19-36(33)45-37/h1-23,25,31H,24H2. The third-order valence-electron chi connectivity index (χ3n) is 8.84. The van der Waals surface area contributed by atoms with Crippen LogP contribution in [0.3, 0.4) is 0 Å². The average molecular weight is 578 g/mol. The van der Waals surface area contributed by atoms with Crippen LogP contribution in [0.2, 0.25) is 0 Å². The van der Waals surface area contributed by atoms with Crippen LogP contribution < -0.4 is 0 Å². The molecule has 4 nitrogen and oxygen atoms in total. The zero-order chi connectivity index (χ0) is 29.7. The number of allylic oxidation sites excluding steroid dienone is 1. The van der Waals surface area contributed by atoms with Crippen molar-refractivity contribution in [1.29, 1.82) is 0 Å². The molecule has 0 amide bonds. The maximum atomic E-state index is 6.25. The molecule has 1 unspecified atom stereocenters. The van der Waals surface area contributed by atoms with Crippen LogP contribution in [0.15, 0.2) is 150 Å². The van der Waals surface area contributed by atoms with Crippen molar-refractivity contribution in [2.45, 2.75) is 12.3 Å². The smallest absolute Gasteiger partial charge is 0.164 e. The summed E-state index contributed by atoms with van der Waals surface area (Å²) in [6, 6.07) is 48.4. The molecule has 0 spiro atoms. The summed E-state index contributed by atoms with van der Waals surface area (Å²) in [5.74, 6) is 2.04. The van der Waals surface area contributed by atoms with Crippen molar-refractivity contribution >= 4 is 38.3 Å². The minimum atomic E-state index is -0.0311. The zero-order valence-corrected chi connectivity index (χ0v) is 24.4. The van der Waals surface area contributed by atoms with Gasteiger partial charge in [0.15, 0.2) is 11.6 Å². The van der Waals surface area contributed by atoms with Gasteiger partial charge in [0.1, 0.15) is 17.0 Å². The van der Waals surface area contributed by atoms with Gasteiger partial charge in [-0.15, -0.1) is 0 Å². The fraction of sp³-hybridized carbons (Fsp3) is 0.0488. The Labute approximate surface area is 260 Å². The first-order chi connectivity index (χ1) is 22.3. The lowest BCUT2D eigenvalue weighted by Gasteiger charge is -2.24. The van der Waals surface area contributed by atoms with E-state index in [1.165, 1.54) is 27.6 Å². The van der Waals surface area contributed by atoms with Gasteiger partial charge in [-0.05, 0) is 57.7 Å². The monoisotopic (exact) mass is 577 g/mol. The molecule has 212 valence electrons. The highest BCUT2D eigenvalue weighted by Crippen LogP contribution is 2.40. The molecule has 8 aromatic rings. The summed E-state index contributed by atoms with van der Waals surface area (Å²) in [7, 11) is 0. The van der Waals surface area contributed by atoms with Crippen molar-refractivity contribution in [3.8, 4) is 22.8 Å². The van der Waals surface area contributed by atoms with E-state index in [-0.39, 0.29) is 5.92 Å². The van der Waals surface area contributed by atoms with E-state index in [2.05, 4.69) is 115 Å². The van der Waals surface area contributed by atoms with Gasteiger partial charge in [0.25, 0.3) is 0 Å². The lowest BCUT2D eigenvalue weighted by atomic mass is 9.81. The highest BCUT2D eigenvalue weighted by Gasteiger charge is 2.26. The van der Waals surface area contributed by atoms with Crippen LogP contribution in [-0.2, 0) is 6.42 Å². The van der Waals surface area contributed by atoms with Crippen molar-refractivity contribution in [1.82, 2.24) is 15.0 Å². The molecule has 6 aromatic carbocycles. The van der Waals surface area contributed by atoms with Crippen molar-refractivity contribution in [2.24, 2.45) is 0 Å². The first-order valence-corrected chi connectivity index (χ1v) is 15.3. The number of hydrogen-bond donors (Lipinski definition) is 0. The molecule has 0 fully saturated rings. The Morgan fingerprint density at radius 2 is 1.27 bits per heavy atom. The summed E-state index contributed by atoms with van der Waals surface area (Å²) in [5.41, 5.74) is 8.52. The van der Waals surface area contributed by atoms with E-state index in [9.17, 15) is 0 Å². The molecule has 0 aliphatic heterocycles. The molecule has 0 N–H and O–H groups in total. The summed E-state index contributed by atoms with van der Waals surface area (Å²) in [4.78, 5) is 15.6. The van der Waals surface area contributed by atoms with E-state index in [1.54, 1.807) is 0 Å². The van der Waals surface area contributed by atoms with Crippen molar-refractivity contribution < 1.29 is 4.42 Å². The number of hydrogen-bond acceptors (Lipinski definition) is 4. The van der Waals surface area contributed by atoms with Crippen LogP contribution in [0, 0.1) is 0 Å². The highest BCUT2D eigenvalue weighted by atomic mass is 16.3. The molecule has 2 aromatic heterocycles. The van der Waals surface area contributed by atoms with Crippen LogP contribution in [-0.4, -0.2) is 15.0 Å². The van der Waals surface area contributed by atoms with Crippen LogP contribution >= 0.6 is 0 Å². The zero-order valence-electron chi connectivity index (χ0n) is 24.4. The molecule has 2 heterocycles. The predicted molar refractivity (Wildman–Crippen MR) is 182 cm³/mol. The predicted octanol–water partition coefficient (Wildman–Crippen LogP) is 10.0. The number of furan rings is 1. The second kappa shape index (κ2) is 10.4. The summed E-state index contributed by atoms with van der Waals surface area (Å²) in [6.07, 6.45) is 3.15. The largest absolute Gasteiger partial charge is 0.456 e. The number of aromatic nitrogens is 3. The van der Waals surface area contributed by atoms with E-state index >= 15 is 0 Å². The molecule has 1 atom stereocenters. The molecule has 45 heavy (non-hydrogen) atoms. The molecule has 4 heteroatoms. The lowest BCUT2D eigenvalue weighted by Crippen LogP contribution is -2.14. The van der Waals surface area contributed by atoms with Gasteiger partial charge in [-0.3, -0.25) is 0 Å². The average Bonchev–Trinajstić information content (AvgIpc) is 3.50. The summed E-state index contributed by atoms with van der Waals surface area (Å²) >= 11 is 0. The maximum absolute atomic E-state index is 6.25. The fourth-order valence-corrected chi connectivity index (χ4v) is 6.68. The second-order valence-corrected chi connectivity index (χ2v) is 11.6. The molecular formula is C41H27N3O. The first kappa shape index (κ1) is 25.6. The Morgan fingerprint density at radius 1 is 0.533 bits per heavy atom. The Balaban J connectivity index is 1.28. The number of rotatable bonds is 4.